The number of carbonyl (C=O) groups is 1. The zero-order valence-corrected chi connectivity index (χ0v) is 16.6. The summed E-state index contributed by atoms with van der Waals surface area (Å²) in [5.41, 5.74) is 2.39. The summed E-state index contributed by atoms with van der Waals surface area (Å²) in [4.78, 5) is 12.5. The summed E-state index contributed by atoms with van der Waals surface area (Å²) in [5.74, 6) is -0.468. The number of ether oxygens (including phenoxy) is 1. The maximum atomic E-state index is 13.4. The van der Waals surface area contributed by atoms with Gasteiger partial charge in [0.2, 0.25) is 0 Å². The van der Waals surface area contributed by atoms with Crippen LogP contribution in [-0.4, -0.2) is 31.4 Å². The van der Waals surface area contributed by atoms with E-state index in [4.69, 9.17) is 4.74 Å². The summed E-state index contributed by atoms with van der Waals surface area (Å²) in [5, 5.41) is 9.25. The van der Waals surface area contributed by atoms with Crippen molar-refractivity contribution in [2.45, 2.75) is 43.8 Å². The van der Waals surface area contributed by atoms with Gasteiger partial charge in [-0.15, -0.1) is 0 Å². The molecule has 0 saturated heterocycles. The number of hydroxylamine groups is 1. The van der Waals surface area contributed by atoms with Crippen LogP contribution in [0.4, 0.5) is 0 Å². The molecular weight excluding hydrogens is 354 g/mol. The Balaban J connectivity index is 3.66. The molecular formula is C19H27NO5S. The second-order valence-electron chi connectivity index (χ2n) is 6.60. The number of hydrogen-bond acceptors (Lipinski definition) is 5. The summed E-state index contributed by atoms with van der Waals surface area (Å²) >= 11 is 0. The van der Waals surface area contributed by atoms with Gasteiger partial charge in [-0.2, -0.15) is 0 Å². The van der Waals surface area contributed by atoms with Crippen LogP contribution >= 0.6 is 0 Å². The van der Waals surface area contributed by atoms with Gasteiger partial charge >= 0.3 is 0 Å². The Morgan fingerprint density at radius 1 is 1.27 bits per heavy atom. The Kier molecular flexibility index (Phi) is 7.59. The minimum absolute atomic E-state index is 0.0265. The minimum Gasteiger partial charge on any atom is -0.497 e. The van der Waals surface area contributed by atoms with Crippen LogP contribution in [-0.2, 0) is 14.6 Å². The lowest BCUT2D eigenvalue weighted by Crippen LogP contribution is -2.50. The molecule has 0 aliphatic rings. The topological polar surface area (TPSA) is 92.7 Å². The first-order chi connectivity index (χ1) is 12.1. The summed E-state index contributed by atoms with van der Waals surface area (Å²) in [6, 6.07) is 5.81. The molecule has 0 fully saturated rings. The van der Waals surface area contributed by atoms with Crippen molar-refractivity contribution < 1.29 is 23.2 Å². The van der Waals surface area contributed by atoms with Crippen molar-refractivity contribution in [3.05, 3.63) is 48.1 Å². The molecule has 0 saturated carbocycles. The lowest BCUT2D eigenvalue weighted by molar-refractivity contribution is -0.130. The largest absolute Gasteiger partial charge is 0.497 e. The third-order valence-corrected chi connectivity index (χ3v) is 6.24. The highest BCUT2D eigenvalue weighted by Crippen LogP contribution is 2.33. The molecule has 0 bridgehead atoms. The van der Waals surface area contributed by atoms with Crippen molar-refractivity contribution in [1.29, 1.82) is 0 Å². The van der Waals surface area contributed by atoms with Crippen molar-refractivity contribution in [3.8, 4) is 5.75 Å². The number of carbonyl (C=O) groups excluding carboxylic acids is 1. The highest BCUT2D eigenvalue weighted by atomic mass is 32.2. The summed E-state index contributed by atoms with van der Waals surface area (Å²) in [6.45, 7) is 7.37. The fraction of sp³-hybridized carbons (Fsp3) is 0.421. The van der Waals surface area contributed by atoms with E-state index < -0.39 is 20.5 Å². The quantitative estimate of drug-likeness (QED) is 0.409. The normalized spacial score (nSPS) is 14.1. The van der Waals surface area contributed by atoms with E-state index in [1.807, 2.05) is 27.7 Å². The highest BCUT2D eigenvalue weighted by molar-refractivity contribution is 7.93. The second-order valence-corrected chi connectivity index (χ2v) is 8.80. The van der Waals surface area contributed by atoms with Gasteiger partial charge in [-0.25, -0.2) is 13.9 Å². The fourth-order valence-corrected chi connectivity index (χ4v) is 4.09. The highest BCUT2D eigenvalue weighted by Gasteiger charge is 2.48. The monoisotopic (exact) mass is 381 g/mol. The van der Waals surface area contributed by atoms with Crippen LogP contribution in [0.15, 0.2) is 53.0 Å². The average Bonchev–Trinajstić information content (AvgIpc) is 2.60. The van der Waals surface area contributed by atoms with E-state index in [9.17, 15) is 18.4 Å². The predicted molar refractivity (Wildman–Crippen MR) is 101 cm³/mol. The predicted octanol–water partition coefficient (Wildman–Crippen LogP) is 3.28. The van der Waals surface area contributed by atoms with Gasteiger partial charge in [0.05, 0.1) is 12.0 Å². The maximum absolute atomic E-state index is 13.4. The SMILES string of the molecule is COc1ccc(S(=O)(=O)C(C=CC(C)C)(CC=C(C)C)C(=O)NO)cc1. The molecule has 0 radical (unpaired) electrons. The first-order valence-electron chi connectivity index (χ1n) is 8.26. The molecule has 0 heterocycles. The number of amides is 1. The molecule has 1 aromatic rings. The number of sulfone groups is 1. The number of rotatable bonds is 8. The number of hydrogen-bond donors (Lipinski definition) is 2. The maximum Gasteiger partial charge on any atom is 0.269 e. The van der Waals surface area contributed by atoms with Crippen molar-refractivity contribution in [1.82, 2.24) is 5.48 Å². The van der Waals surface area contributed by atoms with Gasteiger partial charge in [-0.3, -0.25) is 10.0 Å². The van der Waals surface area contributed by atoms with Gasteiger partial charge in [0.1, 0.15) is 5.75 Å². The Morgan fingerprint density at radius 2 is 1.85 bits per heavy atom. The summed E-state index contributed by atoms with van der Waals surface area (Å²) < 4.78 is 29.9. The molecule has 1 unspecified atom stereocenters. The van der Waals surface area contributed by atoms with Gasteiger partial charge in [-0.1, -0.05) is 37.6 Å². The Hall–Kier alpha value is -2.12. The third-order valence-electron chi connectivity index (χ3n) is 3.90. The number of nitrogens with one attached hydrogen (secondary N) is 1. The molecule has 7 heteroatoms. The summed E-state index contributed by atoms with van der Waals surface area (Å²) in [6.07, 6.45) is 4.58. The molecule has 1 atom stereocenters. The van der Waals surface area contributed by atoms with Gasteiger partial charge in [0.25, 0.3) is 5.91 Å². The standard InChI is InChI=1S/C19H27NO5S/c1-14(2)10-12-19(18(21)20-22,13-11-15(3)4)26(23,24)17-8-6-16(25-5)7-9-17/h6-12,14,22H,13H2,1-5H3,(H,20,21). The van der Waals surface area contributed by atoms with E-state index in [0.717, 1.165) is 5.57 Å². The Morgan fingerprint density at radius 3 is 2.27 bits per heavy atom. The Labute approximate surface area is 155 Å². The minimum atomic E-state index is -4.15. The molecule has 0 aliphatic carbocycles. The third kappa shape index (κ3) is 4.74. The molecule has 0 aromatic heterocycles. The lowest BCUT2D eigenvalue weighted by Gasteiger charge is -2.28. The zero-order chi connectivity index (χ0) is 20.0. The van der Waals surface area contributed by atoms with Gasteiger partial charge in [0, 0.05) is 0 Å². The second kappa shape index (κ2) is 9.00. The number of methoxy groups -OCH3 is 1. The van der Waals surface area contributed by atoms with Crippen molar-refractivity contribution in [3.63, 3.8) is 0 Å². The van der Waals surface area contributed by atoms with Crippen molar-refractivity contribution in [2.24, 2.45) is 5.92 Å². The van der Waals surface area contributed by atoms with E-state index >= 15 is 0 Å². The molecule has 6 nitrogen and oxygen atoms in total. The fourth-order valence-electron chi connectivity index (χ4n) is 2.32. The van der Waals surface area contributed by atoms with Gasteiger partial charge in [0.15, 0.2) is 14.6 Å². The van der Waals surface area contributed by atoms with Crippen LogP contribution in [0.25, 0.3) is 0 Å². The zero-order valence-electron chi connectivity index (χ0n) is 15.8. The van der Waals surface area contributed by atoms with Crippen LogP contribution < -0.4 is 10.2 Å². The first kappa shape index (κ1) is 21.9. The first-order valence-corrected chi connectivity index (χ1v) is 9.75. The molecule has 26 heavy (non-hydrogen) atoms. The lowest BCUT2D eigenvalue weighted by atomic mass is 9.99. The number of benzene rings is 1. The van der Waals surface area contributed by atoms with Crippen LogP contribution in [0.5, 0.6) is 5.75 Å². The summed E-state index contributed by atoms with van der Waals surface area (Å²) in [7, 11) is -2.67. The molecule has 144 valence electrons. The van der Waals surface area contributed by atoms with Crippen LogP contribution in [0.3, 0.4) is 0 Å². The van der Waals surface area contributed by atoms with Crippen LogP contribution in [0, 0.1) is 5.92 Å². The van der Waals surface area contributed by atoms with E-state index in [2.05, 4.69) is 0 Å². The molecule has 1 rings (SSSR count). The molecule has 0 aliphatic heterocycles. The molecule has 1 amide bonds. The smallest absolute Gasteiger partial charge is 0.269 e. The molecule has 2 N–H and O–H groups in total. The van der Waals surface area contributed by atoms with Crippen molar-refractivity contribution in [2.75, 3.05) is 7.11 Å². The molecule has 1 aromatic carbocycles. The van der Waals surface area contributed by atoms with E-state index in [0.29, 0.717) is 5.75 Å². The van der Waals surface area contributed by atoms with Gasteiger partial charge in [-0.05, 0) is 50.5 Å². The Bertz CT molecular complexity index is 775. The van der Waals surface area contributed by atoms with E-state index in [-0.39, 0.29) is 17.2 Å². The van der Waals surface area contributed by atoms with Gasteiger partial charge < -0.3 is 4.74 Å². The van der Waals surface area contributed by atoms with E-state index in [1.165, 1.54) is 42.9 Å². The average molecular weight is 381 g/mol. The van der Waals surface area contributed by atoms with Crippen molar-refractivity contribution >= 4 is 15.7 Å². The number of allylic oxidation sites excluding steroid dienone is 3. The van der Waals surface area contributed by atoms with Crippen LogP contribution in [0.1, 0.15) is 34.1 Å². The van der Waals surface area contributed by atoms with E-state index in [1.54, 1.807) is 12.2 Å². The molecule has 0 spiro atoms. The van der Waals surface area contributed by atoms with Crippen LogP contribution in [0.2, 0.25) is 0 Å².